The quantitative estimate of drug-likeness (QED) is 0.279. The van der Waals surface area contributed by atoms with E-state index in [-0.39, 0.29) is 34.7 Å². The fourth-order valence-electron chi connectivity index (χ4n) is 10.6. The number of halogens is 2. The van der Waals surface area contributed by atoms with Gasteiger partial charge in [0.05, 0.1) is 17.8 Å². The van der Waals surface area contributed by atoms with E-state index in [2.05, 4.69) is 34.6 Å². The van der Waals surface area contributed by atoms with Crippen molar-refractivity contribution in [1.82, 2.24) is 0 Å². The molecular formula is C34H54F2N2O2. The highest BCUT2D eigenvalue weighted by atomic mass is 19.3. The van der Waals surface area contributed by atoms with Crippen molar-refractivity contribution in [3.8, 4) is 0 Å². The van der Waals surface area contributed by atoms with E-state index in [1.807, 2.05) is 0 Å². The average molecular weight is 561 g/mol. The zero-order valence-corrected chi connectivity index (χ0v) is 25.5. The van der Waals surface area contributed by atoms with Gasteiger partial charge in [-0.05, 0) is 110 Å². The van der Waals surface area contributed by atoms with Crippen LogP contribution in [0.4, 0.5) is 20.2 Å². The van der Waals surface area contributed by atoms with E-state index in [1.165, 1.54) is 56.7 Å². The molecule has 226 valence electrons. The minimum absolute atomic E-state index is 0.195. The Balaban J connectivity index is 1.38. The molecule has 4 aliphatic carbocycles. The number of hydrogen-bond donors (Lipinski definition) is 3. The monoisotopic (exact) mass is 560 g/mol. The smallest absolute Gasteiger partial charge is 0.383 e. The van der Waals surface area contributed by atoms with Crippen LogP contribution in [0.5, 0.6) is 0 Å². The molecule has 5 rings (SSSR count). The average Bonchev–Trinajstić information content (AvgIpc) is 3.21. The molecule has 1 aromatic carbocycles. The normalized spacial score (nSPS) is 40.4. The number of fused-ring (bicyclic) bond motifs is 5. The van der Waals surface area contributed by atoms with Gasteiger partial charge in [0.1, 0.15) is 0 Å². The van der Waals surface area contributed by atoms with E-state index < -0.39 is 18.3 Å². The summed E-state index contributed by atoms with van der Waals surface area (Å²) in [5.41, 5.74) is 11.8. The van der Waals surface area contributed by atoms with Gasteiger partial charge in [-0.2, -0.15) is 8.78 Å². The fourth-order valence-corrected chi connectivity index (χ4v) is 10.6. The van der Waals surface area contributed by atoms with Gasteiger partial charge in [-0.3, -0.25) is 0 Å². The topological polar surface area (TPSA) is 81.5 Å². The van der Waals surface area contributed by atoms with Crippen LogP contribution >= 0.6 is 0 Å². The van der Waals surface area contributed by atoms with Crippen molar-refractivity contribution in [3.05, 3.63) is 23.8 Å². The van der Waals surface area contributed by atoms with Crippen LogP contribution < -0.4 is 11.5 Å². The predicted octanol–water partition coefficient (Wildman–Crippen LogP) is 8.38. The van der Waals surface area contributed by atoms with Crippen molar-refractivity contribution in [3.63, 3.8) is 0 Å². The van der Waals surface area contributed by atoms with Gasteiger partial charge in [0.25, 0.3) is 0 Å². The summed E-state index contributed by atoms with van der Waals surface area (Å²) < 4.78 is 37.3. The van der Waals surface area contributed by atoms with Crippen LogP contribution in [-0.4, -0.2) is 17.3 Å². The lowest BCUT2D eigenvalue weighted by Gasteiger charge is -2.63. The molecule has 0 radical (unpaired) electrons. The van der Waals surface area contributed by atoms with Crippen LogP contribution in [0.15, 0.2) is 18.2 Å². The summed E-state index contributed by atoms with van der Waals surface area (Å²) in [7, 11) is 0. The van der Waals surface area contributed by atoms with E-state index in [4.69, 9.17) is 16.2 Å². The number of aliphatic hydroxyl groups excluding tert-OH is 1. The lowest BCUT2D eigenvalue weighted by Crippen LogP contribution is -2.60. The maximum atomic E-state index is 15.7. The number of nitrogens with two attached hydrogens (primary N) is 2. The first kappa shape index (κ1) is 30.1. The molecule has 4 aliphatic rings. The van der Waals surface area contributed by atoms with Crippen LogP contribution in [0, 0.1) is 52.3 Å². The van der Waals surface area contributed by atoms with Crippen LogP contribution in [0.2, 0.25) is 0 Å². The van der Waals surface area contributed by atoms with Gasteiger partial charge in [-0.25, -0.2) is 0 Å². The Kier molecular flexibility index (Phi) is 8.29. The second kappa shape index (κ2) is 11.0. The van der Waals surface area contributed by atoms with Crippen LogP contribution in [0.25, 0.3) is 0 Å². The second-order valence-electron chi connectivity index (χ2n) is 15.2. The molecule has 0 aliphatic heterocycles. The highest BCUT2D eigenvalue weighted by Gasteiger charge is 2.64. The standard InChI is InChI=1S/C34H54F2N2O2/c1-20(2)7-6-8-21(3)28-11-12-29-27-10-9-22-17-26(39)19-31(33(22,5)30(27)13-14-32(28,29)4)40-34(35,36)23-15-24(37)18-25(38)16-23/h15-16,18,20-22,26-31,39H,6-14,17,19,37-38H2,1-5H3/t21-,22-,26+,27-,28-,29+,30+,31?,32-,33+/m1/s1. The Labute approximate surface area is 241 Å². The molecule has 0 bridgehead atoms. The molecule has 4 saturated carbocycles. The van der Waals surface area contributed by atoms with Crippen molar-refractivity contribution in [2.45, 2.75) is 124 Å². The van der Waals surface area contributed by atoms with E-state index in [9.17, 15) is 5.11 Å². The molecule has 4 fully saturated rings. The number of benzene rings is 1. The maximum absolute atomic E-state index is 15.7. The molecule has 5 N–H and O–H groups in total. The predicted molar refractivity (Wildman–Crippen MR) is 158 cm³/mol. The minimum Gasteiger partial charge on any atom is -0.399 e. The third-order valence-corrected chi connectivity index (χ3v) is 12.5. The number of anilines is 2. The minimum atomic E-state index is -3.53. The summed E-state index contributed by atoms with van der Waals surface area (Å²) in [5.74, 6) is 4.00. The second-order valence-corrected chi connectivity index (χ2v) is 15.2. The van der Waals surface area contributed by atoms with Crippen LogP contribution in [0.3, 0.4) is 0 Å². The van der Waals surface area contributed by atoms with E-state index >= 15 is 8.78 Å². The number of ether oxygens (including phenoxy) is 1. The summed E-state index contributed by atoms with van der Waals surface area (Å²) in [6, 6.07) is 3.99. The summed E-state index contributed by atoms with van der Waals surface area (Å²) >= 11 is 0. The van der Waals surface area contributed by atoms with Gasteiger partial charge in [-0.1, -0.05) is 53.9 Å². The highest BCUT2D eigenvalue weighted by Crippen LogP contribution is 2.69. The molecule has 0 aromatic heterocycles. The van der Waals surface area contributed by atoms with Gasteiger partial charge in [-0.15, -0.1) is 0 Å². The molecule has 4 nitrogen and oxygen atoms in total. The van der Waals surface area contributed by atoms with Gasteiger partial charge < -0.3 is 21.3 Å². The molecule has 0 amide bonds. The summed E-state index contributed by atoms with van der Waals surface area (Å²) in [5, 5.41) is 10.8. The number of nitrogen functional groups attached to an aromatic ring is 2. The van der Waals surface area contributed by atoms with Crippen molar-refractivity contribution in [2.75, 3.05) is 11.5 Å². The zero-order chi connectivity index (χ0) is 29.0. The van der Waals surface area contributed by atoms with Gasteiger partial charge >= 0.3 is 6.11 Å². The van der Waals surface area contributed by atoms with Crippen molar-refractivity contribution in [1.29, 1.82) is 0 Å². The fraction of sp³-hybridized carbons (Fsp3) is 0.824. The Bertz CT molecular complexity index is 1030. The Morgan fingerprint density at radius 1 is 0.950 bits per heavy atom. The van der Waals surface area contributed by atoms with Gasteiger partial charge in [0.2, 0.25) is 0 Å². The molecule has 40 heavy (non-hydrogen) atoms. The zero-order valence-electron chi connectivity index (χ0n) is 25.5. The molecule has 6 heteroatoms. The first-order valence-corrected chi connectivity index (χ1v) is 16.2. The summed E-state index contributed by atoms with van der Waals surface area (Å²) in [6.45, 7) is 11.9. The van der Waals surface area contributed by atoms with Crippen molar-refractivity contribution in [2.24, 2.45) is 52.3 Å². The largest absolute Gasteiger partial charge is 0.399 e. The van der Waals surface area contributed by atoms with E-state index in [0.29, 0.717) is 29.6 Å². The molecule has 0 saturated heterocycles. The SMILES string of the molecule is CC(C)CCC[C@@H](C)[C@H]1CC[C@H]2[C@H]3CC[C@@H]4C[C@H](O)CC(OC(F)(F)c5cc(N)cc(N)c5)[C@]4(C)[C@H]3CC[C@]12C. The third kappa shape index (κ3) is 5.29. The van der Waals surface area contributed by atoms with E-state index in [1.54, 1.807) is 0 Å². The Morgan fingerprint density at radius 3 is 2.33 bits per heavy atom. The molecule has 1 unspecified atom stereocenters. The highest BCUT2D eigenvalue weighted by molar-refractivity contribution is 5.55. The van der Waals surface area contributed by atoms with Crippen molar-refractivity contribution < 1.29 is 18.6 Å². The number of hydrogen-bond acceptors (Lipinski definition) is 4. The number of rotatable bonds is 8. The van der Waals surface area contributed by atoms with Crippen LogP contribution in [0.1, 0.15) is 111 Å². The Hall–Kier alpha value is -1.40. The molecule has 0 spiro atoms. The molecule has 0 heterocycles. The first-order valence-electron chi connectivity index (χ1n) is 16.2. The van der Waals surface area contributed by atoms with Crippen molar-refractivity contribution >= 4 is 11.4 Å². The van der Waals surface area contributed by atoms with Crippen LogP contribution in [-0.2, 0) is 10.8 Å². The lowest BCUT2D eigenvalue weighted by atomic mass is 9.43. The molecular weight excluding hydrogens is 506 g/mol. The first-order chi connectivity index (χ1) is 18.8. The third-order valence-electron chi connectivity index (χ3n) is 12.5. The lowest BCUT2D eigenvalue weighted by molar-refractivity contribution is -0.320. The van der Waals surface area contributed by atoms with Gasteiger partial charge in [0, 0.05) is 23.2 Å². The molecule has 10 atom stereocenters. The van der Waals surface area contributed by atoms with Gasteiger partial charge in [0.15, 0.2) is 0 Å². The van der Waals surface area contributed by atoms with E-state index in [0.717, 1.165) is 37.0 Å². The summed E-state index contributed by atoms with van der Waals surface area (Å²) in [4.78, 5) is 0. The number of alkyl halides is 2. The molecule has 1 aromatic rings. The summed E-state index contributed by atoms with van der Waals surface area (Å²) in [6.07, 6.45) is 6.99. The number of aliphatic hydroxyl groups is 1. The Morgan fingerprint density at radius 2 is 1.65 bits per heavy atom. The maximum Gasteiger partial charge on any atom is 0.383 e.